The van der Waals surface area contributed by atoms with Gasteiger partial charge in [0.2, 0.25) is 5.78 Å². The van der Waals surface area contributed by atoms with E-state index in [1.165, 1.54) is 11.0 Å². The molecule has 5 rings (SSSR count). The van der Waals surface area contributed by atoms with Gasteiger partial charge in [-0.15, -0.1) is 0 Å². The Morgan fingerprint density at radius 2 is 2.00 bits per heavy atom. The number of carbonyl (C=O) groups is 1. The first kappa shape index (κ1) is 19.4. The van der Waals surface area contributed by atoms with Gasteiger partial charge in [-0.1, -0.05) is 34.7 Å². The minimum absolute atomic E-state index is 0.0671. The molecular weight excluding hydrogens is 446 g/mol. The number of likely N-dealkylation sites (tertiary alicyclic amines) is 1. The molecule has 30 heavy (non-hydrogen) atoms. The zero-order chi connectivity index (χ0) is 20.8. The highest BCUT2D eigenvalue weighted by atomic mass is 79.9. The van der Waals surface area contributed by atoms with Gasteiger partial charge in [-0.2, -0.15) is 0 Å². The number of allylic oxidation sites excluding steroid dienone is 1. The number of furan rings is 1. The molecule has 6 heteroatoms. The summed E-state index contributed by atoms with van der Waals surface area (Å²) in [5, 5.41) is 13.5. The van der Waals surface area contributed by atoms with Crippen molar-refractivity contribution in [2.24, 2.45) is 5.92 Å². The van der Waals surface area contributed by atoms with E-state index >= 15 is 0 Å². The lowest BCUT2D eigenvalue weighted by Gasteiger charge is -2.29. The second-order valence-corrected chi connectivity index (χ2v) is 9.21. The minimum Gasteiger partial charge on any atom is -0.872 e. The molecule has 0 aliphatic carbocycles. The zero-order valence-corrected chi connectivity index (χ0v) is 18.3. The smallest absolute Gasteiger partial charge is 0.232 e. The van der Waals surface area contributed by atoms with Crippen LogP contribution in [-0.2, 0) is 6.54 Å². The molecule has 154 valence electrons. The summed E-state index contributed by atoms with van der Waals surface area (Å²) in [5.74, 6) is 1.61. The Bertz CT molecular complexity index is 1170. The lowest BCUT2D eigenvalue weighted by atomic mass is 9.98. The number of halogens is 1. The fourth-order valence-electron chi connectivity index (χ4n) is 4.29. The van der Waals surface area contributed by atoms with Gasteiger partial charge in [0, 0.05) is 21.5 Å². The number of nitrogens with one attached hydrogen (secondary N) is 1. The van der Waals surface area contributed by atoms with Crippen molar-refractivity contribution < 1.29 is 24.0 Å². The molecule has 5 nitrogen and oxygen atoms in total. The van der Waals surface area contributed by atoms with Gasteiger partial charge in [-0.3, -0.25) is 4.79 Å². The van der Waals surface area contributed by atoms with E-state index in [9.17, 15) is 9.90 Å². The molecule has 2 aliphatic rings. The number of ether oxygens (including phenoxy) is 1. The number of quaternary nitrogens is 1. The van der Waals surface area contributed by atoms with E-state index in [2.05, 4.69) is 22.9 Å². The molecule has 2 aromatic carbocycles. The van der Waals surface area contributed by atoms with Gasteiger partial charge in [0.25, 0.3) is 0 Å². The SMILES string of the molecule is CC1CC[NH+](Cc2c([O-])ccc3c2O/C(=C\c2cc4cc(Br)ccc4o2)C3=O)CC1. The first-order chi connectivity index (χ1) is 14.5. The molecule has 1 fully saturated rings. The molecule has 2 aliphatic heterocycles. The normalized spacial score (nSPS) is 22.5. The highest BCUT2D eigenvalue weighted by molar-refractivity contribution is 9.10. The van der Waals surface area contributed by atoms with E-state index in [0.29, 0.717) is 29.2 Å². The zero-order valence-electron chi connectivity index (χ0n) is 16.7. The highest BCUT2D eigenvalue weighted by Gasteiger charge is 2.32. The molecule has 0 radical (unpaired) electrons. The van der Waals surface area contributed by atoms with Crippen LogP contribution in [0.15, 0.2) is 51.0 Å². The predicted octanol–water partition coefficient (Wildman–Crippen LogP) is 3.70. The molecule has 3 heterocycles. The Labute approximate surface area is 183 Å². The molecule has 0 bridgehead atoms. The predicted molar refractivity (Wildman–Crippen MR) is 116 cm³/mol. The Hall–Kier alpha value is -2.57. The van der Waals surface area contributed by atoms with E-state index in [1.807, 2.05) is 24.3 Å². The molecule has 0 saturated carbocycles. The van der Waals surface area contributed by atoms with Crippen LogP contribution >= 0.6 is 15.9 Å². The van der Waals surface area contributed by atoms with Crippen molar-refractivity contribution in [2.45, 2.75) is 26.3 Å². The number of rotatable bonds is 3. The summed E-state index contributed by atoms with van der Waals surface area (Å²) in [6.07, 6.45) is 3.93. The summed E-state index contributed by atoms with van der Waals surface area (Å²) >= 11 is 3.45. The summed E-state index contributed by atoms with van der Waals surface area (Å²) in [5.41, 5.74) is 1.79. The maximum atomic E-state index is 12.9. The Balaban J connectivity index is 1.45. The van der Waals surface area contributed by atoms with Crippen LogP contribution in [0.5, 0.6) is 11.5 Å². The molecule has 0 atom stereocenters. The van der Waals surface area contributed by atoms with Crippen LogP contribution in [0, 0.1) is 5.92 Å². The van der Waals surface area contributed by atoms with Crippen molar-refractivity contribution in [3.63, 3.8) is 0 Å². The van der Waals surface area contributed by atoms with Crippen LogP contribution in [0.25, 0.3) is 17.0 Å². The lowest BCUT2D eigenvalue weighted by molar-refractivity contribution is -0.919. The largest absolute Gasteiger partial charge is 0.872 e. The number of hydrogen-bond donors (Lipinski definition) is 1. The summed E-state index contributed by atoms with van der Waals surface area (Å²) in [6.45, 7) is 4.94. The van der Waals surface area contributed by atoms with Crippen LogP contribution in [-0.4, -0.2) is 18.9 Å². The number of ketones is 1. The van der Waals surface area contributed by atoms with Crippen molar-refractivity contribution in [3.8, 4) is 11.5 Å². The van der Waals surface area contributed by atoms with E-state index in [0.717, 1.165) is 47.3 Å². The van der Waals surface area contributed by atoms with Gasteiger partial charge in [0.15, 0.2) is 5.76 Å². The van der Waals surface area contributed by atoms with Gasteiger partial charge in [-0.05, 0) is 49.1 Å². The van der Waals surface area contributed by atoms with E-state index in [1.54, 1.807) is 12.1 Å². The third kappa shape index (κ3) is 3.55. The minimum atomic E-state index is -0.213. The quantitative estimate of drug-likeness (QED) is 0.596. The topological polar surface area (TPSA) is 66.9 Å². The number of Topliss-reactive ketones (excluding diaryl/α,β-unsaturated/α-hetero) is 1. The van der Waals surface area contributed by atoms with Crippen LogP contribution < -0.4 is 14.7 Å². The van der Waals surface area contributed by atoms with Crippen molar-refractivity contribution in [2.75, 3.05) is 13.1 Å². The van der Waals surface area contributed by atoms with Gasteiger partial charge in [0.1, 0.15) is 23.6 Å². The monoisotopic (exact) mass is 467 g/mol. The molecule has 0 unspecified atom stereocenters. The molecule has 0 spiro atoms. The Morgan fingerprint density at radius 3 is 2.80 bits per heavy atom. The number of carbonyl (C=O) groups excluding carboxylic acids is 1. The Kier molecular flexibility index (Phi) is 4.91. The number of piperidine rings is 1. The fraction of sp³-hybridized carbons (Fsp3) is 0.292. The second kappa shape index (κ2) is 7.60. The maximum Gasteiger partial charge on any atom is 0.232 e. The first-order valence-corrected chi connectivity index (χ1v) is 11.1. The third-order valence-electron chi connectivity index (χ3n) is 6.08. The standard InChI is InChI=1S/C24H22BrNO4/c1-14-6-8-26(9-7-14)13-19-20(27)4-3-18-23(28)22(30-24(18)19)12-17-11-15-10-16(25)2-5-21(15)29-17/h2-5,10-12,14,27H,6-9,13H2,1H3/b22-12-. The maximum absolute atomic E-state index is 12.9. The molecular formula is C24H22BrNO4. The van der Waals surface area contributed by atoms with Crippen molar-refractivity contribution in [1.82, 2.24) is 0 Å². The average molecular weight is 468 g/mol. The molecule has 1 aromatic heterocycles. The van der Waals surface area contributed by atoms with Gasteiger partial charge in [-0.25, -0.2) is 0 Å². The number of fused-ring (bicyclic) bond motifs is 2. The van der Waals surface area contributed by atoms with Gasteiger partial charge >= 0.3 is 0 Å². The average Bonchev–Trinajstić information content (AvgIpc) is 3.26. The summed E-state index contributed by atoms with van der Waals surface area (Å²) in [4.78, 5) is 14.3. The molecule has 1 N–H and O–H groups in total. The molecule has 3 aromatic rings. The van der Waals surface area contributed by atoms with Crippen LogP contribution in [0.2, 0.25) is 0 Å². The van der Waals surface area contributed by atoms with Crippen molar-refractivity contribution >= 4 is 38.8 Å². The summed E-state index contributed by atoms with van der Waals surface area (Å²) < 4.78 is 12.7. The summed E-state index contributed by atoms with van der Waals surface area (Å²) in [6, 6.07) is 10.7. The molecule has 1 saturated heterocycles. The van der Waals surface area contributed by atoms with E-state index in [-0.39, 0.29) is 17.3 Å². The summed E-state index contributed by atoms with van der Waals surface area (Å²) in [7, 11) is 0. The first-order valence-electron chi connectivity index (χ1n) is 10.3. The van der Waals surface area contributed by atoms with Crippen molar-refractivity contribution in [1.29, 1.82) is 0 Å². The van der Waals surface area contributed by atoms with E-state index < -0.39 is 0 Å². The lowest BCUT2D eigenvalue weighted by Crippen LogP contribution is -3.11. The molecule has 0 amide bonds. The van der Waals surface area contributed by atoms with Crippen LogP contribution in [0.4, 0.5) is 0 Å². The fourth-order valence-corrected chi connectivity index (χ4v) is 4.67. The van der Waals surface area contributed by atoms with Crippen molar-refractivity contribution in [3.05, 3.63) is 63.5 Å². The van der Waals surface area contributed by atoms with Crippen LogP contribution in [0.3, 0.4) is 0 Å². The van der Waals surface area contributed by atoms with Gasteiger partial charge in [0.05, 0.1) is 18.7 Å². The number of benzene rings is 2. The Morgan fingerprint density at radius 1 is 1.20 bits per heavy atom. The van der Waals surface area contributed by atoms with Crippen LogP contribution in [0.1, 0.15) is 41.4 Å². The number of hydrogen-bond acceptors (Lipinski definition) is 4. The van der Waals surface area contributed by atoms with E-state index in [4.69, 9.17) is 9.15 Å². The second-order valence-electron chi connectivity index (χ2n) is 8.30. The third-order valence-corrected chi connectivity index (χ3v) is 6.57. The van der Waals surface area contributed by atoms with Gasteiger partial charge < -0.3 is 19.2 Å². The highest BCUT2D eigenvalue weighted by Crippen LogP contribution is 2.38.